The topological polar surface area (TPSA) is 129 Å². The second kappa shape index (κ2) is 18.9. The molecule has 11 nitrogen and oxygen atoms in total. The summed E-state index contributed by atoms with van der Waals surface area (Å²) in [6, 6.07) is 0.258. The molecule has 2 aliphatic rings. The van der Waals surface area contributed by atoms with Gasteiger partial charge < -0.3 is 33.5 Å². The van der Waals surface area contributed by atoms with Crippen LogP contribution in [0.1, 0.15) is 94.2 Å². The fourth-order valence-electron chi connectivity index (χ4n) is 6.53. The summed E-state index contributed by atoms with van der Waals surface area (Å²) in [5.74, 6) is -3.61. The van der Waals surface area contributed by atoms with Crippen LogP contribution in [-0.2, 0) is 33.3 Å². The van der Waals surface area contributed by atoms with Gasteiger partial charge in [-0.2, -0.15) is 0 Å². The molecule has 1 unspecified atom stereocenters. The van der Waals surface area contributed by atoms with Crippen molar-refractivity contribution < 1.29 is 38.4 Å². The van der Waals surface area contributed by atoms with Crippen molar-refractivity contribution in [1.29, 1.82) is 0 Å². The van der Waals surface area contributed by atoms with Gasteiger partial charge in [-0.05, 0) is 72.2 Å². The Morgan fingerprint density at radius 3 is 2.31 bits per heavy atom. The maximum absolute atomic E-state index is 13.9. The number of allylic oxidation sites excluding steroid dienone is 1. The number of Topliss-reactive ketones (excluding diaryl/α,β-unsaturated/α-hetero) is 2. The van der Waals surface area contributed by atoms with Crippen LogP contribution in [-0.4, -0.2) is 94.0 Å². The lowest BCUT2D eigenvalue weighted by atomic mass is 9.80. The van der Waals surface area contributed by atoms with Crippen LogP contribution in [0.15, 0.2) is 43.0 Å². The second-order valence-corrected chi connectivity index (χ2v) is 13.9. The molecule has 0 amide bonds. The van der Waals surface area contributed by atoms with Crippen molar-refractivity contribution in [3.05, 3.63) is 43.0 Å². The van der Waals surface area contributed by atoms with Gasteiger partial charge in [-0.25, -0.2) is 4.98 Å². The van der Waals surface area contributed by atoms with E-state index in [9.17, 15) is 19.5 Å². The van der Waals surface area contributed by atoms with E-state index < -0.39 is 60.7 Å². The number of carbonyl (C=O) groups excluding carboxylic acids is 3. The monoisotopic (exact) mass is 675 g/mol. The Labute approximate surface area is 288 Å². The van der Waals surface area contributed by atoms with Crippen molar-refractivity contribution in [3.8, 4) is 0 Å². The fourth-order valence-corrected chi connectivity index (χ4v) is 6.53. The van der Waals surface area contributed by atoms with E-state index in [1.54, 1.807) is 43.8 Å². The van der Waals surface area contributed by atoms with Crippen LogP contribution in [0.5, 0.6) is 0 Å². The summed E-state index contributed by atoms with van der Waals surface area (Å²) in [5.41, 5.74) is -1.12. The lowest BCUT2D eigenvalue weighted by molar-refractivity contribution is -0.236. The minimum absolute atomic E-state index is 0.0220. The molecular weight excluding hydrogens is 614 g/mol. The normalized spacial score (nSPS) is 35.8. The Bertz CT molecular complexity index is 1220. The Balaban J connectivity index is 0.00000257. The molecule has 1 aromatic rings. The van der Waals surface area contributed by atoms with Crippen molar-refractivity contribution in [2.45, 2.75) is 130 Å². The second-order valence-electron chi connectivity index (χ2n) is 13.9. The van der Waals surface area contributed by atoms with Crippen LogP contribution in [0.3, 0.4) is 0 Å². The number of rotatable bonds is 8. The summed E-state index contributed by atoms with van der Waals surface area (Å²) in [4.78, 5) is 47.4. The van der Waals surface area contributed by atoms with E-state index in [0.717, 1.165) is 6.42 Å². The van der Waals surface area contributed by atoms with E-state index in [4.69, 9.17) is 18.9 Å². The Morgan fingerprint density at radius 2 is 1.77 bits per heavy atom. The molecule has 11 heteroatoms. The standard InChI is InChI=1S/C34H53N3O8.C3H8/c1-11-34(45-28(18-38)37-13-12-35-19-37)17-22(4)30(39)20(2)14-21(3)32(24(6)31(40)25(7)33(41)43-26(34)8)44-29-16-27(36(9)10)15-23(5)42-29;1-3-2/h11-13,17,19-21,23-29,32,38H,1,14-16,18H2,2-10H3;3H2,1-2H3/b22-17+;/t20-,21+,23-,24+,25-,26-,27+,28?,29+,32+,34+;/m1./s1. The maximum Gasteiger partial charge on any atom is 0.316 e. The molecule has 48 heavy (non-hydrogen) atoms. The van der Waals surface area contributed by atoms with Gasteiger partial charge in [-0.3, -0.25) is 14.4 Å². The molecule has 0 spiro atoms. The fraction of sp³-hybridized carbons (Fsp3) is 0.730. The van der Waals surface area contributed by atoms with Crippen LogP contribution in [0.2, 0.25) is 0 Å². The predicted octanol–water partition coefficient (Wildman–Crippen LogP) is 5.54. The molecule has 272 valence electrons. The molecule has 1 aromatic heterocycles. The predicted molar refractivity (Wildman–Crippen MR) is 185 cm³/mol. The number of aliphatic hydroxyl groups is 1. The van der Waals surface area contributed by atoms with E-state index in [2.05, 4.69) is 30.3 Å². The highest BCUT2D eigenvalue weighted by Gasteiger charge is 2.43. The zero-order chi connectivity index (χ0) is 36.3. The van der Waals surface area contributed by atoms with Crippen molar-refractivity contribution in [2.24, 2.45) is 23.7 Å². The number of carbonyl (C=O) groups is 3. The van der Waals surface area contributed by atoms with E-state index in [1.165, 1.54) is 25.7 Å². The molecule has 0 aromatic carbocycles. The molecule has 0 aliphatic carbocycles. The third-order valence-corrected chi connectivity index (χ3v) is 9.38. The van der Waals surface area contributed by atoms with Gasteiger partial charge >= 0.3 is 5.97 Å². The van der Waals surface area contributed by atoms with Gasteiger partial charge in [-0.15, -0.1) is 0 Å². The molecule has 3 rings (SSSR count). The molecule has 0 saturated carbocycles. The van der Waals surface area contributed by atoms with Crippen molar-refractivity contribution >= 4 is 17.5 Å². The van der Waals surface area contributed by atoms with Gasteiger partial charge in [-0.1, -0.05) is 53.7 Å². The number of imidazole rings is 1. The minimum Gasteiger partial charge on any atom is -0.458 e. The lowest BCUT2D eigenvalue weighted by Crippen LogP contribution is -2.48. The molecule has 1 N–H and O–H groups in total. The zero-order valence-electron chi connectivity index (χ0n) is 31.0. The summed E-state index contributed by atoms with van der Waals surface area (Å²) in [7, 11) is 4.06. The van der Waals surface area contributed by atoms with E-state index in [1.807, 2.05) is 34.9 Å². The van der Waals surface area contributed by atoms with Gasteiger partial charge in [0.05, 0.1) is 25.1 Å². The third kappa shape index (κ3) is 10.6. The smallest absolute Gasteiger partial charge is 0.316 e. The van der Waals surface area contributed by atoms with Crippen LogP contribution in [0.25, 0.3) is 0 Å². The summed E-state index contributed by atoms with van der Waals surface area (Å²) in [6.45, 7) is 20.2. The molecule has 1 saturated heterocycles. The molecule has 2 aliphatic heterocycles. The van der Waals surface area contributed by atoms with Gasteiger partial charge in [0.15, 0.2) is 24.1 Å². The first kappa shape index (κ1) is 41.5. The van der Waals surface area contributed by atoms with Crippen molar-refractivity contribution in [3.63, 3.8) is 0 Å². The number of nitrogens with zero attached hydrogens (tertiary/aromatic N) is 3. The summed E-state index contributed by atoms with van der Waals surface area (Å²) in [6.07, 6.45) is 7.83. The van der Waals surface area contributed by atoms with E-state index >= 15 is 0 Å². The Kier molecular flexibility index (Phi) is 16.3. The first-order valence-corrected chi connectivity index (χ1v) is 17.4. The van der Waals surface area contributed by atoms with Gasteiger partial charge in [0, 0.05) is 36.7 Å². The molecule has 0 bridgehead atoms. The average molecular weight is 676 g/mol. The summed E-state index contributed by atoms with van der Waals surface area (Å²) >= 11 is 0. The van der Waals surface area contributed by atoms with Gasteiger partial charge in [0.1, 0.15) is 17.6 Å². The summed E-state index contributed by atoms with van der Waals surface area (Å²) < 4.78 is 26.6. The van der Waals surface area contributed by atoms with Crippen LogP contribution >= 0.6 is 0 Å². The number of ether oxygens (including phenoxy) is 4. The molecule has 1 fully saturated rings. The largest absolute Gasteiger partial charge is 0.458 e. The van der Waals surface area contributed by atoms with Crippen LogP contribution in [0, 0.1) is 23.7 Å². The van der Waals surface area contributed by atoms with Gasteiger partial charge in [0.25, 0.3) is 0 Å². The molecular formula is C37H61N3O8. The number of hydrogen-bond acceptors (Lipinski definition) is 10. The highest BCUT2D eigenvalue weighted by Crippen LogP contribution is 2.35. The van der Waals surface area contributed by atoms with Crippen LogP contribution in [0.4, 0.5) is 0 Å². The highest BCUT2D eigenvalue weighted by atomic mass is 16.7. The summed E-state index contributed by atoms with van der Waals surface area (Å²) in [5, 5.41) is 10.2. The highest BCUT2D eigenvalue weighted by molar-refractivity contribution is 6.00. The molecule has 11 atom stereocenters. The van der Waals surface area contributed by atoms with E-state index in [0.29, 0.717) is 18.4 Å². The number of hydrogen-bond donors (Lipinski definition) is 1. The number of aliphatic hydroxyl groups excluding tert-OH is 1. The van der Waals surface area contributed by atoms with Gasteiger partial charge in [0.2, 0.25) is 0 Å². The minimum atomic E-state index is -1.51. The maximum atomic E-state index is 13.9. The molecule has 0 radical (unpaired) electrons. The van der Waals surface area contributed by atoms with Crippen molar-refractivity contribution in [2.75, 3.05) is 20.7 Å². The SMILES string of the molecule is C=C[C@]1(OC(CO)n2ccnc2)/C=C(\C)C(=O)[C@H](C)C[C@H](C)[C@H](O[C@H]2C[C@@H](N(C)C)C[C@@H](C)O2)[C@@H](C)C(=O)[C@@H](C)C(=O)O[C@@H]1C.CCC. The Morgan fingerprint density at radius 1 is 1.12 bits per heavy atom. The number of cyclic esters (lactones) is 1. The number of esters is 1. The quantitative estimate of drug-likeness (QED) is 0.213. The number of ketones is 2. The third-order valence-electron chi connectivity index (χ3n) is 9.38. The number of aromatic nitrogens is 2. The lowest BCUT2D eigenvalue weighted by Gasteiger charge is -2.41. The first-order chi connectivity index (χ1) is 22.5. The Hall–Kier alpha value is -2.70. The van der Waals surface area contributed by atoms with Crippen LogP contribution < -0.4 is 0 Å². The zero-order valence-corrected chi connectivity index (χ0v) is 31.0. The average Bonchev–Trinajstić information content (AvgIpc) is 3.58. The molecule has 3 heterocycles. The van der Waals surface area contributed by atoms with E-state index in [-0.39, 0.29) is 29.6 Å². The van der Waals surface area contributed by atoms with Crippen molar-refractivity contribution in [1.82, 2.24) is 14.5 Å². The first-order valence-electron chi connectivity index (χ1n) is 17.4.